The van der Waals surface area contributed by atoms with Crippen LogP contribution in [0.2, 0.25) is 5.02 Å². The standard InChI is InChI=1S/C15H11ClFNO3/c16-11-5-1-10(2-6-11)14(20)18-15(21)13(19)9-3-7-12(17)8-4-9/h1-8,15,21H,(H,18,20). The van der Waals surface area contributed by atoms with Gasteiger partial charge < -0.3 is 10.4 Å². The largest absolute Gasteiger partial charge is 0.367 e. The summed E-state index contributed by atoms with van der Waals surface area (Å²) in [4.78, 5) is 23.7. The monoisotopic (exact) mass is 307 g/mol. The Morgan fingerprint density at radius 1 is 1.00 bits per heavy atom. The molecule has 0 saturated heterocycles. The molecule has 1 amide bonds. The third-order valence-electron chi connectivity index (χ3n) is 2.75. The van der Waals surface area contributed by atoms with Crippen LogP contribution < -0.4 is 5.32 Å². The van der Waals surface area contributed by atoms with E-state index in [1.165, 1.54) is 36.4 Å². The number of benzene rings is 2. The molecule has 0 aliphatic rings. The predicted octanol–water partition coefficient (Wildman–Crippen LogP) is 2.41. The van der Waals surface area contributed by atoms with Crippen LogP contribution in [0.15, 0.2) is 48.5 Å². The lowest BCUT2D eigenvalue weighted by Crippen LogP contribution is -2.40. The van der Waals surface area contributed by atoms with Crippen LogP contribution in [0.1, 0.15) is 20.7 Å². The van der Waals surface area contributed by atoms with Crippen molar-refractivity contribution >= 4 is 23.3 Å². The maximum atomic E-state index is 12.8. The molecule has 0 aliphatic heterocycles. The Bertz CT molecular complexity index is 656. The van der Waals surface area contributed by atoms with Crippen molar-refractivity contribution in [1.82, 2.24) is 5.32 Å². The Balaban J connectivity index is 2.05. The molecule has 0 saturated carbocycles. The minimum absolute atomic E-state index is 0.0975. The van der Waals surface area contributed by atoms with Crippen molar-refractivity contribution in [2.45, 2.75) is 6.23 Å². The Labute approximate surface area is 125 Å². The van der Waals surface area contributed by atoms with E-state index in [-0.39, 0.29) is 11.1 Å². The van der Waals surface area contributed by atoms with Crippen molar-refractivity contribution in [3.8, 4) is 0 Å². The third-order valence-corrected chi connectivity index (χ3v) is 3.00. The number of aliphatic hydroxyl groups excluding tert-OH is 1. The number of carbonyl (C=O) groups is 2. The number of Topliss-reactive ketones (excluding diaryl/α,β-unsaturated/α-hetero) is 1. The van der Waals surface area contributed by atoms with Gasteiger partial charge in [-0.1, -0.05) is 11.6 Å². The zero-order valence-electron chi connectivity index (χ0n) is 10.7. The van der Waals surface area contributed by atoms with Gasteiger partial charge in [0.25, 0.3) is 5.91 Å². The Kier molecular flexibility index (Phi) is 4.67. The SMILES string of the molecule is O=C(NC(O)C(=O)c1ccc(F)cc1)c1ccc(Cl)cc1. The number of hydrogen-bond acceptors (Lipinski definition) is 3. The summed E-state index contributed by atoms with van der Waals surface area (Å²) < 4.78 is 12.8. The van der Waals surface area contributed by atoms with E-state index in [0.717, 1.165) is 12.1 Å². The van der Waals surface area contributed by atoms with Crippen LogP contribution in [0.25, 0.3) is 0 Å². The van der Waals surface area contributed by atoms with Crippen molar-refractivity contribution < 1.29 is 19.1 Å². The van der Waals surface area contributed by atoms with Gasteiger partial charge in [0.15, 0.2) is 6.23 Å². The summed E-state index contributed by atoms with van der Waals surface area (Å²) in [5.41, 5.74) is 0.352. The van der Waals surface area contributed by atoms with Crippen LogP contribution >= 0.6 is 11.6 Å². The summed E-state index contributed by atoms with van der Waals surface area (Å²) in [6, 6.07) is 10.6. The third kappa shape index (κ3) is 3.87. The van der Waals surface area contributed by atoms with Gasteiger partial charge in [0.1, 0.15) is 5.82 Å². The first-order chi connectivity index (χ1) is 9.97. The molecule has 2 rings (SSSR count). The summed E-state index contributed by atoms with van der Waals surface area (Å²) in [5.74, 6) is -1.84. The van der Waals surface area contributed by atoms with Crippen LogP contribution in [-0.2, 0) is 0 Å². The summed E-state index contributed by atoms with van der Waals surface area (Å²) in [5, 5.41) is 12.4. The maximum absolute atomic E-state index is 12.8. The average molecular weight is 308 g/mol. The molecule has 0 radical (unpaired) electrons. The van der Waals surface area contributed by atoms with E-state index in [2.05, 4.69) is 5.32 Å². The minimum Gasteiger partial charge on any atom is -0.367 e. The fraction of sp³-hybridized carbons (Fsp3) is 0.0667. The van der Waals surface area contributed by atoms with Gasteiger partial charge in [-0.15, -0.1) is 0 Å². The van der Waals surface area contributed by atoms with Gasteiger partial charge in [-0.2, -0.15) is 0 Å². The van der Waals surface area contributed by atoms with Gasteiger partial charge in [0.2, 0.25) is 5.78 Å². The molecule has 1 atom stereocenters. The molecule has 6 heteroatoms. The van der Waals surface area contributed by atoms with Gasteiger partial charge in [0, 0.05) is 16.1 Å². The average Bonchev–Trinajstić information content (AvgIpc) is 2.47. The molecule has 2 N–H and O–H groups in total. The number of nitrogens with one attached hydrogen (secondary N) is 1. The number of amides is 1. The van der Waals surface area contributed by atoms with Crippen molar-refractivity contribution in [3.63, 3.8) is 0 Å². The van der Waals surface area contributed by atoms with Crippen molar-refractivity contribution in [3.05, 3.63) is 70.5 Å². The molecule has 0 bridgehead atoms. The number of ketones is 1. The van der Waals surface area contributed by atoms with E-state index in [4.69, 9.17) is 11.6 Å². The molecule has 108 valence electrons. The van der Waals surface area contributed by atoms with E-state index in [9.17, 15) is 19.1 Å². The molecule has 1 unspecified atom stereocenters. The Morgan fingerprint density at radius 3 is 2.10 bits per heavy atom. The normalized spacial score (nSPS) is 11.8. The molecule has 4 nitrogen and oxygen atoms in total. The van der Waals surface area contributed by atoms with E-state index in [0.29, 0.717) is 5.02 Å². The number of hydrogen-bond donors (Lipinski definition) is 2. The molecule has 0 aliphatic carbocycles. The molecule has 2 aromatic carbocycles. The number of carbonyl (C=O) groups excluding carboxylic acids is 2. The topological polar surface area (TPSA) is 66.4 Å². The van der Waals surface area contributed by atoms with Crippen LogP contribution in [-0.4, -0.2) is 23.0 Å². The van der Waals surface area contributed by atoms with Gasteiger partial charge in [0.05, 0.1) is 0 Å². The quantitative estimate of drug-likeness (QED) is 0.673. The van der Waals surface area contributed by atoms with Gasteiger partial charge >= 0.3 is 0 Å². The van der Waals surface area contributed by atoms with Crippen LogP contribution in [0.3, 0.4) is 0 Å². The van der Waals surface area contributed by atoms with Crippen molar-refractivity contribution in [2.24, 2.45) is 0 Å². The highest BCUT2D eigenvalue weighted by Crippen LogP contribution is 2.10. The van der Waals surface area contributed by atoms with Crippen LogP contribution in [0, 0.1) is 5.82 Å². The predicted molar refractivity (Wildman–Crippen MR) is 75.7 cm³/mol. The maximum Gasteiger partial charge on any atom is 0.253 e. The molecule has 0 fully saturated rings. The van der Waals surface area contributed by atoms with Gasteiger partial charge in [-0.3, -0.25) is 9.59 Å². The molecule has 2 aromatic rings. The minimum atomic E-state index is -1.71. The van der Waals surface area contributed by atoms with E-state index in [1.807, 2.05) is 0 Å². The summed E-state index contributed by atoms with van der Waals surface area (Å²) in [6.07, 6.45) is -1.71. The lowest BCUT2D eigenvalue weighted by molar-refractivity contribution is 0.0607. The number of aliphatic hydroxyl groups is 1. The second-order valence-electron chi connectivity index (χ2n) is 4.25. The Morgan fingerprint density at radius 2 is 1.52 bits per heavy atom. The highest BCUT2D eigenvalue weighted by atomic mass is 35.5. The van der Waals surface area contributed by atoms with Crippen LogP contribution in [0.4, 0.5) is 4.39 Å². The van der Waals surface area contributed by atoms with Crippen LogP contribution in [0.5, 0.6) is 0 Å². The second kappa shape index (κ2) is 6.47. The first-order valence-electron chi connectivity index (χ1n) is 6.01. The second-order valence-corrected chi connectivity index (χ2v) is 4.69. The summed E-state index contributed by atoms with van der Waals surface area (Å²) >= 11 is 5.70. The molecule has 21 heavy (non-hydrogen) atoms. The van der Waals surface area contributed by atoms with Gasteiger partial charge in [-0.05, 0) is 48.5 Å². The highest BCUT2D eigenvalue weighted by molar-refractivity contribution is 6.30. The zero-order valence-corrected chi connectivity index (χ0v) is 11.5. The molecule has 0 aromatic heterocycles. The molecule has 0 spiro atoms. The highest BCUT2D eigenvalue weighted by Gasteiger charge is 2.20. The van der Waals surface area contributed by atoms with E-state index < -0.39 is 23.7 Å². The Hall–Kier alpha value is -2.24. The zero-order chi connectivity index (χ0) is 15.4. The van der Waals surface area contributed by atoms with Gasteiger partial charge in [-0.25, -0.2) is 4.39 Å². The first kappa shape index (κ1) is 15.2. The summed E-state index contributed by atoms with van der Waals surface area (Å²) in [7, 11) is 0. The van der Waals surface area contributed by atoms with E-state index >= 15 is 0 Å². The lowest BCUT2D eigenvalue weighted by Gasteiger charge is -2.12. The molecular weight excluding hydrogens is 297 g/mol. The molecule has 0 heterocycles. The van der Waals surface area contributed by atoms with E-state index in [1.54, 1.807) is 0 Å². The number of rotatable bonds is 4. The molecular formula is C15H11ClFNO3. The number of halogens is 2. The fourth-order valence-corrected chi connectivity index (χ4v) is 1.77. The first-order valence-corrected chi connectivity index (χ1v) is 6.39. The van der Waals surface area contributed by atoms with Crippen molar-refractivity contribution in [2.75, 3.05) is 0 Å². The summed E-state index contributed by atoms with van der Waals surface area (Å²) in [6.45, 7) is 0. The van der Waals surface area contributed by atoms with Crippen molar-refractivity contribution in [1.29, 1.82) is 0 Å². The fourth-order valence-electron chi connectivity index (χ4n) is 1.65. The lowest BCUT2D eigenvalue weighted by atomic mass is 10.1. The smallest absolute Gasteiger partial charge is 0.253 e.